The van der Waals surface area contributed by atoms with Crippen molar-refractivity contribution in [3.05, 3.63) is 28.7 Å². The van der Waals surface area contributed by atoms with E-state index in [4.69, 9.17) is 5.73 Å². The molecule has 0 aliphatic carbocycles. The number of anilines is 1. The van der Waals surface area contributed by atoms with Crippen molar-refractivity contribution in [2.45, 2.75) is 0 Å². The summed E-state index contributed by atoms with van der Waals surface area (Å²) in [4.78, 5) is 22.2. The lowest BCUT2D eigenvalue weighted by atomic mass is 10.3. The summed E-state index contributed by atoms with van der Waals surface area (Å²) in [7, 11) is 0. The topological polar surface area (TPSA) is 84.2 Å². The summed E-state index contributed by atoms with van der Waals surface area (Å²) in [5, 5.41) is 5.02. The van der Waals surface area contributed by atoms with E-state index in [1.165, 1.54) is 0 Å². The minimum Gasteiger partial charge on any atom is -0.346 e. The smallest absolute Gasteiger partial charge is 0.243 e. The molecule has 0 aliphatic heterocycles. The summed E-state index contributed by atoms with van der Waals surface area (Å²) in [6, 6.07) is 7.18. The fraction of sp³-hybridized carbons (Fsp3) is 0.200. The lowest BCUT2D eigenvalue weighted by Crippen LogP contribution is -2.36. The van der Waals surface area contributed by atoms with Crippen molar-refractivity contribution in [1.82, 2.24) is 5.32 Å². The van der Waals surface area contributed by atoms with Crippen LogP contribution in [0.1, 0.15) is 0 Å². The Morgan fingerprint density at radius 2 is 2.06 bits per heavy atom. The molecule has 0 saturated carbocycles. The number of rotatable bonds is 4. The van der Waals surface area contributed by atoms with Gasteiger partial charge in [-0.25, -0.2) is 0 Å². The Hall–Kier alpha value is -1.40. The second-order valence-electron chi connectivity index (χ2n) is 3.04. The molecule has 4 N–H and O–H groups in total. The number of carbonyl (C=O) groups excluding carboxylic acids is 2. The van der Waals surface area contributed by atoms with Crippen LogP contribution >= 0.6 is 15.9 Å². The molecular formula is C10H12BrN3O2. The van der Waals surface area contributed by atoms with E-state index in [2.05, 4.69) is 26.6 Å². The van der Waals surface area contributed by atoms with E-state index >= 15 is 0 Å². The number of benzene rings is 1. The van der Waals surface area contributed by atoms with E-state index in [0.29, 0.717) is 5.69 Å². The van der Waals surface area contributed by atoms with Crippen LogP contribution in [-0.2, 0) is 9.59 Å². The summed E-state index contributed by atoms with van der Waals surface area (Å²) in [6.45, 7) is -0.202. The zero-order valence-electron chi connectivity index (χ0n) is 8.50. The molecule has 6 heteroatoms. The second-order valence-corrected chi connectivity index (χ2v) is 3.96. The molecule has 0 atom stereocenters. The zero-order chi connectivity index (χ0) is 12.0. The number of hydrogen-bond donors (Lipinski definition) is 3. The van der Waals surface area contributed by atoms with Crippen LogP contribution in [0.15, 0.2) is 28.7 Å². The maximum atomic E-state index is 11.4. The number of nitrogens with two attached hydrogens (primary N) is 1. The number of halogens is 1. The molecule has 0 fully saturated rings. The third-order valence-corrected chi connectivity index (χ3v) is 2.23. The van der Waals surface area contributed by atoms with Gasteiger partial charge in [-0.15, -0.1) is 0 Å². The summed E-state index contributed by atoms with van der Waals surface area (Å²) < 4.78 is 0.872. The summed E-state index contributed by atoms with van der Waals surface area (Å²) in [6.07, 6.45) is 0. The number of hydrogen-bond acceptors (Lipinski definition) is 3. The van der Waals surface area contributed by atoms with Crippen molar-refractivity contribution < 1.29 is 9.59 Å². The Morgan fingerprint density at radius 3 is 2.69 bits per heavy atom. The van der Waals surface area contributed by atoms with Crippen molar-refractivity contribution >= 4 is 33.4 Å². The highest BCUT2D eigenvalue weighted by molar-refractivity contribution is 9.10. The Balaban J connectivity index is 2.43. The van der Waals surface area contributed by atoms with E-state index in [1.807, 2.05) is 6.07 Å². The van der Waals surface area contributed by atoms with Gasteiger partial charge >= 0.3 is 0 Å². The van der Waals surface area contributed by atoms with Gasteiger partial charge < -0.3 is 16.4 Å². The van der Waals surface area contributed by atoms with E-state index in [-0.39, 0.29) is 24.9 Å². The van der Waals surface area contributed by atoms with Crippen LogP contribution in [0.4, 0.5) is 5.69 Å². The highest BCUT2D eigenvalue weighted by Crippen LogP contribution is 2.15. The summed E-state index contributed by atoms with van der Waals surface area (Å²) >= 11 is 3.29. The third kappa shape index (κ3) is 4.41. The molecule has 0 aromatic heterocycles. The van der Waals surface area contributed by atoms with Gasteiger partial charge in [0.05, 0.1) is 13.1 Å². The average Bonchev–Trinajstić information content (AvgIpc) is 2.26. The molecule has 5 nitrogen and oxygen atoms in total. The van der Waals surface area contributed by atoms with Gasteiger partial charge in [-0.2, -0.15) is 0 Å². The minimum absolute atomic E-state index is 0.0808. The highest BCUT2D eigenvalue weighted by atomic mass is 79.9. The SMILES string of the molecule is NCC(=O)NCC(=O)Nc1cccc(Br)c1. The van der Waals surface area contributed by atoms with E-state index in [9.17, 15) is 9.59 Å². The zero-order valence-corrected chi connectivity index (χ0v) is 10.1. The van der Waals surface area contributed by atoms with E-state index in [1.54, 1.807) is 18.2 Å². The van der Waals surface area contributed by atoms with Crippen LogP contribution in [-0.4, -0.2) is 24.9 Å². The fourth-order valence-corrected chi connectivity index (χ4v) is 1.42. The van der Waals surface area contributed by atoms with Crippen molar-refractivity contribution in [2.75, 3.05) is 18.4 Å². The maximum Gasteiger partial charge on any atom is 0.243 e. The average molecular weight is 286 g/mol. The molecule has 0 unspecified atom stereocenters. The van der Waals surface area contributed by atoms with Crippen molar-refractivity contribution in [2.24, 2.45) is 5.73 Å². The molecule has 0 heterocycles. The van der Waals surface area contributed by atoms with Crippen molar-refractivity contribution in [3.63, 3.8) is 0 Å². The van der Waals surface area contributed by atoms with Gasteiger partial charge in [-0.05, 0) is 18.2 Å². The highest BCUT2D eigenvalue weighted by Gasteiger charge is 2.04. The van der Waals surface area contributed by atoms with Crippen molar-refractivity contribution in [3.8, 4) is 0 Å². The van der Waals surface area contributed by atoms with Gasteiger partial charge in [0.15, 0.2) is 0 Å². The van der Waals surface area contributed by atoms with Gasteiger partial charge in [0.2, 0.25) is 11.8 Å². The first kappa shape index (κ1) is 12.7. The van der Waals surface area contributed by atoms with Gasteiger partial charge in [0.25, 0.3) is 0 Å². The Labute approximate surface area is 102 Å². The van der Waals surface area contributed by atoms with Gasteiger partial charge in [0.1, 0.15) is 0 Å². The minimum atomic E-state index is -0.357. The van der Waals surface area contributed by atoms with Crippen LogP contribution in [0.5, 0.6) is 0 Å². The quantitative estimate of drug-likeness (QED) is 0.752. The van der Waals surface area contributed by atoms with Crippen molar-refractivity contribution in [1.29, 1.82) is 0 Å². The lowest BCUT2D eigenvalue weighted by Gasteiger charge is -2.06. The standard InChI is InChI=1S/C10H12BrN3O2/c11-7-2-1-3-8(4-7)14-10(16)6-13-9(15)5-12/h1-4H,5-6,12H2,(H,13,15)(H,14,16). The van der Waals surface area contributed by atoms with E-state index in [0.717, 1.165) is 4.47 Å². The summed E-state index contributed by atoms with van der Waals surface area (Å²) in [5.41, 5.74) is 5.75. The first-order valence-corrected chi connectivity index (χ1v) is 5.43. The second kappa shape index (κ2) is 6.24. The largest absolute Gasteiger partial charge is 0.346 e. The Bertz CT molecular complexity index is 395. The maximum absolute atomic E-state index is 11.4. The van der Waals surface area contributed by atoms with Gasteiger partial charge in [-0.1, -0.05) is 22.0 Å². The lowest BCUT2D eigenvalue weighted by molar-refractivity contribution is -0.123. The van der Waals surface area contributed by atoms with Crippen LogP contribution in [0, 0.1) is 0 Å². The number of nitrogens with one attached hydrogen (secondary N) is 2. The molecule has 0 bridgehead atoms. The molecule has 1 rings (SSSR count). The Kier molecular flexibility index (Phi) is 4.94. The molecule has 0 radical (unpaired) electrons. The summed E-state index contributed by atoms with van der Waals surface area (Å²) in [5.74, 6) is -0.649. The number of amides is 2. The molecular weight excluding hydrogens is 274 g/mol. The molecule has 1 aromatic rings. The monoisotopic (exact) mass is 285 g/mol. The first-order chi connectivity index (χ1) is 7.61. The Morgan fingerprint density at radius 1 is 1.31 bits per heavy atom. The van der Waals surface area contributed by atoms with E-state index < -0.39 is 0 Å². The van der Waals surface area contributed by atoms with Crippen LogP contribution in [0.25, 0.3) is 0 Å². The third-order valence-electron chi connectivity index (χ3n) is 1.74. The fourth-order valence-electron chi connectivity index (χ4n) is 1.02. The predicted octanol–water partition coefficient (Wildman–Crippen LogP) is 0.462. The van der Waals surface area contributed by atoms with Gasteiger partial charge in [-0.3, -0.25) is 9.59 Å². The normalized spacial score (nSPS) is 9.62. The molecule has 0 aliphatic rings. The van der Waals surface area contributed by atoms with Gasteiger partial charge in [0, 0.05) is 10.2 Å². The van der Waals surface area contributed by atoms with Crippen LogP contribution in [0.2, 0.25) is 0 Å². The molecule has 16 heavy (non-hydrogen) atoms. The predicted molar refractivity (Wildman–Crippen MR) is 64.8 cm³/mol. The van der Waals surface area contributed by atoms with Crippen LogP contribution in [0.3, 0.4) is 0 Å². The first-order valence-electron chi connectivity index (χ1n) is 4.64. The molecule has 1 aromatic carbocycles. The number of carbonyl (C=O) groups is 2. The molecule has 0 saturated heterocycles. The van der Waals surface area contributed by atoms with Crippen LogP contribution < -0.4 is 16.4 Å². The molecule has 86 valence electrons. The molecule has 0 spiro atoms. The molecule has 2 amide bonds.